The van der Waals surface area contributed by atoms with E-state index in [4.69, 9.17) is 33.0 Å². The maximum absolute atomic E-state index is 14.4. The summed E-state index contributed by atoms with van der Waals surface area (Å²) in [7, 11) is 2.78. The normalized spacial score (nSPS) is 29.0. The average Bonchev–Trinajstić information content (AvgIpc) is 3.40. The van der Waals surface area contributed by atoms with Crippen LogP contribution in [0.3, 0.4) is 0 Å². The number of nitrogens with zero attached hydrogens (tertiary/aromatic N) is 5. The van der Waals surface area contributed by atoms with Gasteiger partial charge in [-0.2, -0.15) is 0 Å². The SMILES string of the molecule is CN(C)c1c([N+](=O)[O-])cc(N2C(=O)[C@H]3[C@H](CC=C4[C@H]3C[C@@]3(Cl)C(=O)N(CBr)C(=O)[C@@]3(Cl)[C@H]4c3ccc(OCCO)cc3)C2=O)cc1[N+](=O)[O-]. The molecule has 2 aromatic rings. The molecule has 0 aromatic heterocycles. The minimum Gasteiger partial charge on any atom is -0.491 e. The van der Waals surface area contributed by atoms with Crippen molar-refractivity contribution in [3.8, 4) is 5.75 Å². The van der Waals surface area contributed by atoms with E-state index in [1.165, 1.54) is 19.0 Å². The molecular formula is C31H28BrCl2N5O10. The number of ether oxygens (including phenoxy) is 1. The molecule has 1 N–H and O–H groups in total. The van der Waals surface area contributed by atoms with Gasteiger partial charge in [0.2, 0.25) is 11.8 Å². The summed E-state index contributed by atoms with van der Waals surface area (Å²) < 4.78 is 5.48. The number of carbonyl (C=O) groups excluding carboxylic acids is 4. The van der Waals surface area contributed by atoms with Gasteiger partial charge >= 0.3 is 11.4 Å². The molecule has 6 rings (SSSR count). The van der Waals surface area contributed by atoms with Crippen LogP contribution in [0.4, 0.5) is 22.7 Å². The summed E-state index contributed by atoms with van der Waals surface area (Å²) in [4.78, 5) is 77.3. The standard InChI is InChI=1S/C31H28BrCl2N5O10/c1-35(2)25-21(38(45)46)11-16(12-22(25)39(47)48)37-26(41)19-8-7-18-20(23(19)27(37)42)13-30(33)28(43)36(14-32)29(44)31(30,34)24(18)15-3-5-17(6-4-15)49-10-9-40/h3-7,11-12,19-20,23-24,40H,8-10,13-14H2,1-2H3/t19-,20+,23-,24-,30+,31-/m0/s1. The van der Waals surface area contributed by atoms with Crippen LogP contribution in [-0.4, -0.2) is 86.0 Å². The number of amides is 4. The first-order chi connectivity index (χ1) is 23.1. The topological polar surface area (TPSA) is 194 Å². The summed E-state index contributed by atoms with van der Waals surface area (Å²) in [5.41, 5.74) is -1.22. The number of benzene rings is 2. The molecule has 1 saturated carbocycles. The van der Waals surface area contributed by atoms with Gasteiger partial charge in [0, 0.05) is 32.1 Å². The monoisotopic (exact) mass is 779 g/mol. The van der Waals surface area contributed by atoms with Crippen molar-refractivity contribution in [2.45, 2.75) is 28.5 Å². The molecule has 2 aliphatic carbocycles. The fourth-order valence-electron chi connectivity index (χ4n) is 7.76. The molecule has 0 spiro atoms. The highest BCUT2D eigenvalue weighted by Gasteiger charge is 2.76. The molecule has 3 fully saturated rings. The maximum Gasteiger partial charge on any atom is 0.301 e. The molecule has 49 heavy (non-hydrogen) atoms. The Morgan fingerprint density at radius 3 is 2.14 bits per heavy atom. The number of carbonyl (C=O) groups is 4. The number of rotatable bonds is 9. The fourth-order valence-corrected chi connectivity index (χ4v) is 9.18. The summed E-state index contributed by atoms with van der Waals surface area (Å²) in [5.74, 6) is -6.68. The van der Waals surface area contributed by atoms with Gasteiger partial charge in [-0.25, -0.2) is 4.90 Å². The molecule has 15 nitrogen and oxygen atoms in total. The molecule has 0 bridgehead atoms. The van der Waals surface area contributed by atoms with E-state index >= 15 is 0 Å². The lowest BCUT2D eigenvalue weighted by molar-refractivity contribution is -0.392. The highest BCUT2D eigenvalue weighted by Crippen LogP contribution is 2.65. The lowest BCUT2D eigenvalue weighted by Gasteiger charge is -2.50. The molecule has 2 aromatic carbocycles. The molecule has 2 aliphatic heterocycles. The van der Waals surface area contributed by atoms with Gasteiger partial charge in [0.15, 0.2) is 15.4 Å². The van der Waals surface area contributed by atoms with E-state index in [1.807, 2.05) is 0 Å². The molecule has 4 amide bonds. The predicted molar refractivity (Wildman–Crippen MR) is 179 cm³/mol. The van der Waals surface area contributed by atoms with E-state index in [1.54, 1.807) is 30.3 Å². The summed E-state index contributed by atoms with van der Waals surface area (Å²) in [6.07, 6.45) is 1.44. The molecule has 18 heteroatoms. The fraction of sp³-hybridized carbons (Fsp3) is 0.419. The third-order valence-corrected chi connectivity index (χ3v) is 11.7. The van der Waals surface area contributed by atoms with Crippen LogP contribution in [0.2, 0.25) is 0 Å². The number of aliphatic hydroxyl groups excluding tert-OH is 1. The summed E-state index contributed by atoms with van der Waals surface area (Å²) >= 11 is 17.6. The number of hydrogen-bond donors (Lipinski definition) is 1. The largest absolute Gasteiger partial charge is 0.491 e. The van der Waals surface area contributed by atoms with Gasteiger partial charge in [0.05, 0.1) is 39.4 Å². The number of allylic oxidation sites excluding steroid dienone is 2. The van der Waals surface area contributed by atoms with Crippen molar-refractivity contribution in [1.82, 2.24) is 4.90 Å². The lowest BCUT2D eigenvalue weighted by Crippen LogP contribution is -2.60. The van der Waals surface area contributed by atoms with Gasteiger partial charge in [-0.3, -0.25) is 44.3 Å². The Kier molecular flexibility index (Phi) is 8.74. The van der Waals surface area contributed by atoms with Gasteiger partial charge in [0.25, 0.3) is 11.8 Å². The highest BCUT2D eigenvalue weighted by molar-refractivity contribution is 9.09. The number of hydrogen-bond acceptors (Lipinski definition) is 11. The zero-order valence-corrected chi connectivity index (χ0v) is 29.0. The van der Waals surface area contributed by atoms with E-state index in [9.17, 15) is 39.4 Å². The highest BCUT2D eigenvalue weighted by atomic mass is 79.9. The average molecular weight is 781 g/mol. The van der Waals surface area contributed by atoms with Gasteiger partial charge in [0.1, 0.15) is 12.4 Å². The number of anilines is 2. The van der Waals surface area contributed by atoms with Crippen LogP contribution in [0.5, 0.6) is 5.75 Å². The van der Waals surface area contributed by atoms with Crippen molar-refractivity contribution < 1.29 is 38.9 Å². The zero-order valence-electron chi connectivity index (χ0n) is 25.9. The number of likely N-dealkylation sites (tertiary alicyclic amines) is 1. The maximum atomic E-state index is 14.4. The smallest absolute Gasteiger partial charge is 0.301 e. The first-order valence-corrected chi connectivity index (χ1v) is 16.9. The van der Waals surface area contributed by atoms with Gasteiger partial charge in [-0.1, -0.05) is 39.7 Å². The minimum absolute atomic E-state index is 0.0122. The van der Waals surface area contributed by atoms with E-state index in [0.717, 1.165) is 21.9 Å². The zero-order chi connectivity index (χ0) is 35.7. The Hall–Kier alpha value is -4.12. The van der Waals surface area contributed by atoms with Crippen LogP contribution in [0.1, 0.15) is 24.3 Å². The Balaban J connectivity index is 1.48. The molecule has 0 unspecified atom stereocenters. The number of nitro benzene ring substituents is 2. The molecule has 2 saturated heterocycles. The van der Waals surface area contributed by atoms with E-state index in [-0.39, 0.29) is 42.9 Å². The summed E-state index contributed by atoms with van der Waals surface area (Å²) in [5, 5.41) is 33.2. The van der Waals surface area contributed by atoms with Crippen LogP contribution in [0.15, 0.2) is 48.0 Å². The number of aliphatic hydroxyl groups is 1. The molecule has 4 aliphatic rings. The summed E-state index contributed by atoms with van der Waals surface area (Å²) in [6.45, 7) is -0.183. The second-order valence-electron chi connectivity index (χ2n) is 12.4. The number of fused-ring (bicyclic) bond motifs is 4. The molecule has 6 atom stereocenters. The predicted octanol–water partition coefficient (Wildman–Crippen LogP) is 3.86. The third kappa shape index (κ3) is 4.94. The molecule has 0 radical (unpaired) electrons. The van der Waals surface area contributed by atoms with Crippen LogP contribution in [0, 0.1) is 38.0 Å². The van der Waals surface area contributed by atoms with Crippen LogP contribution in [0.25, 0.3) is 0 Å². The second kappa shape index (κ2) is 12.3. The Bertz CT molecular complexity index is 1820. The van der Waals surface area contributed by atoms with Gasteiger partial charge < -0.3 is 14.7 Å². The second-order valence-corrected chi connectivity index (χ2v) is 14.1. The van der Waals surface area contributed by atoms with Gasteiger partial charge in [-0.15, -0.1) is 23.2 Å². The van der Waals surface area contributed by atoms with Crippen LogP contribution in [-0.2, 0) is 19.2 Å². The number of alkyl halides is 3. The quantitative estimate of drug-likeness (QED) is 0.0970. The van der Waals surface area contributed by atoms with Gasteiger partial charge in [-0.05, 0) is 36.5 Å². The van der Waals surface area contributed by atoms with Crippen LogP contribution >= 0.6 is 39.1 Å². The summed E-state index contributed by atoms with van der Waals surface area (Å²) in [6, 6.07) is 8.39. The Morgan fingerprint density at radius 1 is 1.00 bits per heavy atom. The molecule has 2 heterocycles. The van der Waals surface area contributed by atoms with E-state index in [0.29, 0.717) is 16.9 Å². The molecule has 258 valence electrons. The Morgan fingerprint density at radius 2 is 1.61 bits per heavy atom. The van der Waals surface area contributed by atoms with Crippen molar-refractivity contribution in [3.05, 3.63) is 73.8 Å². The van der Waals surface area contributed by atoms with Crippen molar-refractivity contribution in [3.63, 3.8) is 0 Å². The lowest BCUT2D eigenvalue weighted by atomic mass is 9.56. The van der Waals surface area contributed by atoms with Crippen molar-refractivity contribution in [1.29, 1.82) is 0 Å². The first-order valence-electron chi connectivity index (χ1n) is 15.0. The van der Waals surface area contributed by atoms with Crippen molar-refractivity contribution in [2.24, 2.45) is 17.8 Å². The number of halogens is 3. The van der Waals surface area contributed by atoms with Crippen molar-refractivity contribution >= 4 is 85.5 Å². The molecular weight excluding hydrogens is 753 g/mol. The third-order valence-electron chi connectivity index (χ3n) is 9.74. The number of imide groups is 2. The first kappa shape index (κ1) is 34.7. The van der Waals surface area contributed by atoms with Crippen molar-refractivity contribution in [2.75, 3.05) is 42.6 Å². The van der Waals surface area contributed by atoms with Crippen LogP contribution < -0.4 is 14.5 Å². The number of nitro groups is 2. The Labute approximate surface area is 296 Å². The van der Waals surface area contributed by atoms with E-state index in [2.05, 4.69) is 15.9 Å². The van der Waals surface area contributed by atoms with E-state index < -0.39 is 78.3 Å². The minimum atomic E-state index is -2.05.